The lowest BCUT2D eigenvalue weighted by Gasteiger charge is -2.39. The number of halogens is 2. The Kier molecular flexibility index (Phi) is 13.1. The molecule has 15 heteroatoms. The molecule has 0 spiro atoms. The van der Waals surface area contributed by atoms with Crippen LogP contribution in [0.2, 0.25) is 10.0 Å². The van der Waals surface area contributed by atoms with Crippen molar-refractivity contribution in [2.45, 2.75) is 28.8 Å². The van der Waals surface area contributed by atoms with Crippen LogP contribution in [0, 0.1) is 0 Å². The van der Waals surface area contributed by atoms with E-state index in [1.807, 2.05) is 23.9 Å². The molecule has 0 saturated carbocycles. The molecule has 3 aromatic rings. The van der Waals surface area contributed by atoms with Gasteiger partial charge in [-0.2, -0.15) is 16.8 Å². The van der Waals surface area contributed by atoms with Gasteiger partial charge in [-0.25, -0.2) is 0 Å². The molecule has 2 aliphatic heterocycles. The minimum Gasteiger partial charge on any atom is -0.297 e. The highest BCUT2D eigenvalue weighted by Crippen LogP contribution is 2.44. The van der Waals surface area contributed by atoms with Gasteiger partial charge in [-0.15, -0.1) is 0 Å². The third-order valence-corrected chi connectivity index (χ3v) is 9.01. The predicted molar refractivity (Wildman–Crippen MR) is 164 cm³/mol. The van der Waals surface area contributed by atoms with Crippen LogP contribution < -0.4 is 0 Å². The van der Waals surface area contributed by atoms with E-state index in [0.717, 1.165) is 63.4 Å². The van der Waals surface area contributed by atoms with Crippen LogP contribution in [0.5, 0.6) is 0 Å². The lowest BCUT2D eigenvalue weighted by molar-refractivity contribution is 0.0902. The maximum atomic E-state index is 9.33. The summed E-state index contributed by atoms with van der Waals surface area (Å²) in [6.45, 7) is 5.34. The minimum absolute atomic E-state index is 0.350. The molecule has 1 saturated heterocycles. The summed E-state index contributed by atoms with van der Waals surface area (Å²) in [6.07, 6.45) is 0.982. The summed E-state index contributed by atoms with van der Waals surface area (Å²) in [5.74, 6) is 0. The van der Waals surface area contributed by atoms with Crippen molar-refractivity contribution >= 4 is 55.8 Å². The molecular weight excluding hydrogens is 647 g/mol. The Bertz CT molecular complexity index is 1500. The predicted octanol–water partition coefficient (Wildman–Crippen LogP) is 5.43. The molecule has 1 unspecified atom stereocenters. The number of benzene rings is 3. The monoisotopic (exact) mass is 678 g/mol. The van der Waals surface area contributed by atoms with E-state index in [4.69, 9.17) is 32.3 Å². The largest absolute Gasteiger partial charge is 0.397 e. The van der Waals surface area contributed by atoms with Gasteiger partial charge >= 0.3 is 20.8 Å². The molecule has 0 radical (unpaired) electrons. The van der Waals surface area contributed by atoms with Crippen LogP contribution in [0.25, 0.3) is 0 Å². The lowest BCUT2D eigenvalue weighted by atomic mass is 9.96. The van der Waals surface area contributed by atoms with Crippen LogP contribution in [0.15, 0.2) is 76.5 Å². The minimum atomic E-state index is -4.16. The van der Waals surface area contributed by atoms with E-state index in [1.54, 1.807) is 0 Å². The number of fused-ring (bicyclic) bond motifs is 2. The van der Waals surface area contributed by atoms with Crippen LogP contribution in [0.3, 0.4) is 0 Å². The Balaban J connectivity index is 0.000000342. The molecule has 2 heterocycles. The number of hydrogen-bond donors (Lipinski definition) is 2. The summed E-state index contributed by atoms with van der Waals surface area (Å²) in [6, 6.07) is 23.8. The first-order valence-corrected chi connectivity index (χ1v) is 16.9. The molecule has 0 amide bonds. The molecule has 2 aliphatic rings. The summed E-state index contributed by atoms with van der Waals surface area (Å²) < 4.78 is 59.4. The fraction of sp³-hybridized carbons (Fsp3) is 0.333. The Labute approximate surface area is 261 Å². The second-order valence-electron chi connectivity index (χ2n) is 9.24. The van der Waals surface area contributed by atoms with Crippen LogP contribution in [-0.4, -0.2) is 76.1 Å². The second kappa shape index (κ2) is 15.8. The van der Waals surface area contributed by atoms with Gasteiger partial charge in [0.25, 0.3) is 0 Å². The molecule has 230 valence electrons. The molecule has 3 aromatic carbocycles. The number of rotatable bonds is 5. The van der Waals surface area contributed by atoms with E-state index in [9.17, 15) is 16.8 Å². The first kappa shape index (κ1) is 34.7. The van der Waals surface area contributed by atoms with E-state index in [1.165, 1.54) is 26.5 Å². The third-order valence-electron chi connectivity index (χ3n) is 6.51. The van der Waals surface area contributed by atoms with Crippen LogP contribution in [0.1, 0.15) is 22.7 Å². The molecule has 5 rings (SSSR count). The summed E-state index contributed by atoms with van der Waals surface area (Å²) in [5.41, 5.74) is 4.10. The highest BCUT2D eigenvalue weighted by atomic mass is 35.5. The second-order valence-corrected chi connectivity index (χ2v) is 13.6. The van der Waals surface area contributed by atoms with Gasteiger partial charge in [-0.05, 0) is 53.4 Å². The normalized spacial score (nSPS) is 17.4. The summed E-state index contributed by atoms with van der Waals surface area (Å²) in [7, 11) is -6.58. The maximum absolute atomic E-state index is 9.33. The van der Waals surface area contributed by atoms with E-state index in [-0.39, 0.29) is 0 Å². The summed E-state index contributed by atoms with van der Waals surface area (Å²) in [4.78, 5) is 7.75. The highest BCUT2D eigenvalue weighted by Gasteiger charge is 2.30. The van der Waals surface area contributed by atoms with Gasteiger partial charge in [0, 0.05) is 58.6 Å². The molecule has 0 bridgehead atoms. The SMILES string of the molecule is COS(=O)(=O)O.COS(=O)(=O)O.Clc1ccc2c(c1)CC(N1CCN(Cc3ccccc3)CC1)c1ccc(Cl)cc1S2. The molecule has 2 N–H and O–H groups in total. The average Bonchev–Trinajstić information content (AvgIpc) is 3.10. The topological polar surface area (TPSA) is 134 Å². The molecule has 42 heavy (non-hydrogen) atoms. The van der Waals surface area contributed by atoms with Gasteiger partial charge in [0.1, 0.15) is 0 Å². The van der Waals surface area contributed by atoms with Gasteiger partial charge in [-0.1, -0.05) is 71.4 Å². The standard InChI is InChI=1S/C25H24Cl2N2S.2CH4O4S/c26-20-7-9-24-19(14-20)15-23(22-8-6-21(27)16-25(22)30-24)29-12-10-28(11-13-29)17-18-4-2-1-3-5-18;2*1-5-6(2,3)4/h1-9,14,16,23H,10-13,15,17H2;2*1H3,(H,2,3,4). The van der Waals surface area contributed by atoms with Crippen molar-refractivity contribution in [2.75, 3.05) is 40.4 Å². The Morgan fingerprint density at radius 3 is 1.93 bits per heavy atom. The van der Waals surface area contributed by atoms with Crippen molar-refractivity contribution in [3.05, 3.63) is 93.5 Å². The average molecular weight is 680 g/mol. The number of nitrogens with zero attached hydrogens (tertiary/aromatic N) is 2. The smallest absolute Gasteiger partial charge is 0.297 e. The number of piperazine rings is 1. The third kappa shape index (κ3) is 11.4. The van der Waals surface area contributed by atoms with Crippen molar-refractivity contribution in [2.24, 2.45) is 0 Å². The van der Waals surface area contributed by atoms with Crippen molar-refractivity contribution in [1.82, 2.24) is 9.80 Å². The van der Waals surface area contributed by atoms with Crippen LogP contribution in [-0.2, 0) is 42.1 Å². The lowest BCUT2D eigenvalue weighted by Crippen LogP contribution is -2.47. The molecule has 1 atom stereocenters. The molecular formula is C27H32Cl2N2O8S3. The quantitative estimate of drug-likeness (QED) is 0.335. The summed E-state index contributed by atoms with van der Waals surface area (Å²) >= 11 is 14.5. The van der Waals surface area contributed by atoms with Crippen LogP contribution in [0.4, 0.5) is 0 Å². The Morgan fingerprint density at radius 1 is 0.810 bits per heavy atom. The van der Waals surface area contributed by atoms with E-state index in [2.05, 4.69) is 72.8 Å². The Morgan fingerprint density at radius 2 is 1.36 bits per heavy atom. The maximum Gasteiger partial charge on any atom is 0.397 e. The zero-order valence-electron chi connectivity index (χ0n) is 22.9. The van der Waals surface area contributed by atoms with Gasteiger partial charge in [0.15, 0.2) is 0 Å². The zero-order chi connectivity index (χ0) is 30.9. The van der Waals surface area contributed by atoms with Gasteiger partial charge in [-0.3, -0.25) is 27.3 Å². The van der Waals surface area contributed by atoms with Gasteiger partial charge in [0.05, 0.1) is 14.2 Å². The molecule has 0 aromatic heterocycles. The number of hydrogen-bond acceptors (Lipinski definition) is 9. The molecule has 1 fully saturated rings. The van der Waals surface area contributed by atoms with Crippen molar-refractivity contribution in [1.29, 1.82) is 0 Å². The van der Waals surface area contributed by atoms with E-state index >= 15 is 0 Å². The van der Waals surface area contributed by atoms with Crippen molar-refractivity contribution < 1.29 is 34.3 Å². The fourth-order valence-corrected chi connectivity index (χ4v) is 6.10. The van der Waals surface area contributed by atoms with Gasteiger partial charge in [0.2, 0.25) is 0 Å². The first-order chi connectivity index (χ1) is 19.8. The van der Waals surface area contributed by atoms with Crippen molar-refractivity contribution in [3.63, 3.8) is 0 Å². The molecule has 0 aliphatic carbocycles. The highest BCUT2D eigenvalue weighted by molar-refractivity contribution is 7.99. The zero-order valence-corrected chi connectivity index (χ0v) is 26.9. The Hall–Kier alpha value is -1.75. The summed E-state index contributed by atoms with van der Waals surface area (Å²) in [5, 5.41) is 1.61. The first-order valence-electron chi connectivity index (χ1n) is 12.6. The van der Waals surface area contributed by atoms with E-state index in [0.29, 0.717) is 6.04 Å². The molecule has 10 nitrogen and oxygen atoms in total. The fourth-order valence-electron chi connectivity index (χ4n) is 4.52. The van der Waals surface area contributed by atoms with Gasteiger partial charge < -0.3 is 0 Å². The van der Waals surface area contributed by atoms with Crippen LogP contribution >= 0.6 is 35.0 Å². The van der Waals surface area contributed by atoms with E-state index < -0.39 is 20.8 Å². The van der Waals surface area contributed by atoms with Crippen molar-refractivity contribution in [3.8, 4) is 0 Å².